The molecule has 0 aliphatic carbocycles. The molecule has 2 aromatic rings. The molecular weight excluding hydrogens is 346 g/mol. The molecule has 0 saturated carbocycles. The standard InChI is InChI=1S/C20H19N3O4/c24-18-12-27-17-7-6-14(10-15(17)22-18)21-16-11-19(25)23(20(16)26)9-8-13-4-2-1-3-5-13/h1-7,10,16,21H,8-9,11-12H2,(H,22,24). The van der Waals surface area contributed by atoms with Crippen molar-refractivity contribution < 1.29 is 19.1 Å². The number of hydrogen-bond donors (Lipinski definition) is 2. The number of amides is 3. The van der Waals surface area contributed by atoms with Crippen molar-refractivity contribution in [2.75, 3.05) is 23.8 Å². The summed E-state index contributed by atoms with van der Waals surface area (Å²) >= 11 is 0. The highest BCUT2D eigenvalue weighted by Gasteiger charge is 2.38. The highest BCUT2D eigenvalue weighted by atomic mass is 16.5. The first-order valence-corrected chi connectivity index (χ1v) is 8.81. The number of carbonyl (C=O) groups excluding carboxylic acids is 3. The molecule has 7 nitrogen and oxygen atoms in total. The highest BCUT2D eigenvalue weighted by Crippen LogP contribution is 2.31. The normalized spacial score (nSPS) is 18.7. The Kier molecular flexibility index (Phi) is 4.50. The quantitative estimate of drug-likeness (QED) is 0.789. The van der Waals surface area contributed by atoms with E-state index in [2.05, 4.69) is 10.6 Å². The summed E-state index contributed by atoms with van der Waals surface area (Å²) in [5.41, 5.74) is 2.28. The average molecular weight is 365 g/mol. The summed E-state index contributed by atoms with van der Waals surface area (Å²) in [5.74, 6) is -0.0470. The van der Waals surface area contributed by atoms with E-state index < -0.39 is 6.04 Å². The molecule has 2 heterocycles. The van der Waals surface area contributed by atoms with Gasteiger partial charge < -0.3 is 15.4 Å². The van der Waals surface area contributed by atoms with Crippen LogP contribution in [0.4, 0.5) is 11.4 Å². The second-order valence-electron chi connectivity index (χ2n) is 6.57. The Labute approximate surface area is 156 Å². The zero-order valence-electron chi connectivity index (χ0n) is 14.6. The van der Waals surface area contributed by atoms with E-state index in [1.807, 2.05) is 30.3 Å². The average Bonchev–Trinajstić information content (AvgIpc) is 2.93. The van der Waals surface area contributed by atoms with Gasteiger partial charge in [0.15, 0.2) is 6.61 Å². The number of nitrogens with zero attached hydrogens (tertiary/aromatic N) is 1. The van der Waals surface area contributed by atoms with Gasteiger partial charge in [-0.3, -0.25) is 19.3 Å². The van der Waals surface area contributed by atoms with Gasteiger partial charge in [0.1, 0.15) is 11.8 Å². The number of ether oxygens (including phenoxy) is 1. The van der Waals surface area contributed by atoms with Crippen molar-refractivity contribution in [1.82, 2.24) is 4.90 Å². The minimum absolute atomic E-state index is 0.00817. The first-order valence-electron chi connectivity index (χ1n) is 8.81. The predicted octanol–water partition coefficient (Wildman–Crippen LogP) is 1.80. The SMILES string of the molecule is O=C1COc2ccc(NC3CC(=O)N(CCc4ccccc4)C3=O)cc2N1. The van der Waals surface area contributed by atoms with Gasteiger partial charge in [-0.2, -0.15) is 0 Å². The molecule has 0 spiro atoms. The molecule has 27 heavy (non-hydrogen) atoms. The second kappa shape index (κ2) is 7.11. The third kappa shape index (κ3) is 3.62. The predicted molar refractivity (Wildman–Crippen MR) is 99.5 cm³/mol. The molecule has 4 rings (SSSR count). The lowest BCUT2D eigenvalue weighted by molar-refractivity contribution is -0.138. The Morgan fingerprint density at radius 2 is 1.93 bits per heavy atom. The molecule has 2 aliphatic heterocycles. The van der Waals surface area contributed by atoms with Crippen LogP contribution < -0.4 is 15.4 Å². The highest BCUT2D eigenvalue weighted by molar-refractivity contribution is 6.07. The minimum Gasteiger partial charge on any atom is -0.482 e. The molecule has 1 fully saturated rings. The van der Waals surface area contributed by atoms with E-state index in [4.69, 9.17) is 4.74 Å². The van der Waals surface area contributed by atoms with Crippen molar-refractivity contribution in [3.8, 4) is 5.75 Å². The van der Waals surface area contributed by atoms with Gasteiger partial charge in [-0.15, -0.1) is 0 Å². The van der Waals surface area contributed by atoms with Crippen molar-refractivity contribution in [2.24, 2.45) is 0 Å². The van der Waals surface area contributed by atoms with Crippen molar-refractivity contribution >= 4 is 29.1 Å². The molecule has 2 aromatic carbocycles. The van der Waals surface area contributed by atoms with E-state index in [1.54, 1.807) is 18.2 Å². The zero-order chi connectivity index (χ0) is 18.8. The van der Waals surface area contributed by atoms with Crippen LogP contribution in [0.5, 0.6) is 5.75 Å². The fraction of sp³-hybridized carbons (Fsp3) is 0.250. The molecule has 1 saturated heterocycles. The molecule has 3 amide bonds. The molecule has 0 bridgehead atoms. The Morgan fingerprint density at radius 3 is 2.74 bits per heavy atom. The number of benzene rings is 2. The van der Waals surface area contributed by atoms with Crippen LogP contribution in [0.3, 0.4) is 0 Å². The number of anilines is 2. The van der Waals surface area contributed by atoms with Crippen LogP contribution in [0, 0.1) is 0 Å². The summed E-state index contributed by atoms with van der Waals surface area (Å²) in [7, 11) is 0. The van der Waals surface area contributed by atoms with Crippen LogP contribution >= 0.6 is 0 Å². The summed E-state index contributed by atoms with van der Waals surface area (Å²) < 4.78 is 5.32. The van der Waals surface area contributed by atoms with E-state index in [0.29, 0.717) is 30.1 Å². The summed E-state index contributed by atoms with van der Waals surface area (Å²) in [4.78, 5) is 37.7. The Balaban J connectivity index is 1.41. The number of carbonyl (C=O) groups is 3. The van der Waals surface area contributed by atoms with E-state index in [1.165, 1.54) is 4.90 Å². The fourth-order valence-corrected chi connectivity index (χ4v) is 3.29. The van der Waals surface area contributed by atoms with E-state index >= 15 is 0 Å². The second-order valence-corrected chi connectivity index (χ2v) is 6.57. The van der Waals surface area contributed by atoms with Crippen LogP contribution in [0.2, 0.25) is 0 Å². The van der Waals surface area contributed by atoms with Crippen molar-refractivity contribution in [2.45, 2.75) is 18.9 Å². The van der Waals surface area contributed by atoms with Crippen molar-refractivity contribution in [3.63, 3.8) is 0 Å². The van der Waals surface area contributed by atoms with E-state index in [9.17, 15) is 14.4 Å². The smallest absolute Gasteiger partial charge is 0.262 e. The third-order valence-electron chi connectivity index (χ3n) is 4.66. The third-order valence-corrected chi connectivity index (χ3v) is 4.66. The van der Waals surface area contributed by atoms with Gasteiger partial charge in [-0.1, -0.05) is 30.3 Å². The summed E-state index contributed by atoms with van der Waals surface area (Å²) in [6, 6.07) is 14.4. The molecule has 0 aromatic heterocycles. The zero-order valence-corrected chi connectivity index (χ0v) is 14.6. The van der Waals surface area contributed by atoms with Gasteiger partial charge in [0.25, 0.3) is 11.8 Å². The minimum atomic E-state index is -0.605. The maximum Gasteiger partial charge on any atom is 0.262 e. The molecule has 7 heteroatoms. The largest absolute Gasteiger partial charge is 0.482 e. The maximum atomic E-state index is 12.6. The molecule has 1 unspecified atom stereocenters. The monoisotopic (exact) mass is 365 g/mol. The molecule has 2 N–H and O–H groups in total. The number of fused-ring (bicyclic) bond motifs is 1. The van der Waals surface area contributed by atoms with Gasteiger partial charge in [-0.25, -0.2) is 0 Å². The molecular formula is C20H19N3O4. The number of imide groups is 1. The summed E-state index contributed by atoms with van der Waals surface area (Å²) in [6.07, 6.45) is 0.751. The van der Waals surface area contributed by atoms with Crippen molar-refractivity contribution in [3.05, 3.63) is 54.1 Å². The van der Waals surface area contributed by atoms with Gasteiger partial charge in [0.2, 0.25) is 5.91 Å². The van der Waals surface area contributed by atoms with Crippen LogP contribution in [-0.4, -0.2) is 41.8 Å². The van der Waals surface area contributed by atoms with Crippen LogP contribution in [0.25, 0.3) is 0 Å². The fourth-order valence-electron chi connectivity index (χ4n) is 3.29. The first-order chi connectivity index (χ1) is 13.1. The summed E-state index contributed by atoms with van der Waals surface area (Å²) in [5, 5.41) is 5.82. The molecule has 0 radical (unpaired) electrons. The van der Waals surface area contributed by atoms with Crippen LogP contribution in [0.1, 0.15) is 12.0 Å². The van der Waals surface area contributed by atoms with E-state index in [-0.39, 0.29) is 30.7 Å². The first kappa shape index (κ1) is 17.1. The molecule has 1 atom stereocenters. The van der Waals surface area contributed by atoms with Gasteiger partial charge in [-0.05, 0) is 30.2 Å². The lowest BCUT2D eigenvalue weighted by Crippen LogP contribution is -2.36. The lowest BCUT2D eigenvalue weighted by Gasteiger charge is -2.20. The summed E-state index contributed by atoms with van der Waals surface area (Å²) in [6.45, 7) is 0.361. The van der Waals surface area contributed by atoms with E-state index in [0.717, 1.165) is 5.56 Å². The molecule has 2 aliphatic rings. The Morgan fingerprint density at radius 1 is 1.11 bits per heavy atom. The number of likely N-dealkylation sites (tertiary alicyclic amines) is 1. The lowest BCUT2D eigenvalue weighted by atomic mass is 10.1. The van der Waals surface area contributed by atoms with Gasteiger partial charge in [0, 0.05) is 12.2 Å². The number of hydrogen-bond acceptors (Lipinski definition) is 5. The van der Waals surface area contributed by atoms with Crippen LogP contribution in [0.15, 0.2) is 48.5 Å². The molecule has 138 valence electrons. The van der Waals surface area contributed by atoms with Gasteiger partial charge >= 0.3 is 0 Å². The van der Waals surface area contributed by atoms with Crippen molar-refractivity contribution in [1.29, 1.82) is 0 Å². The topological polar surface area (TPSA) is 87.7 Å². The van der Waals surface area contributed by atoms with Gasteiger partial charge in [0.05, 0.1) is 12.1 Å². The maximum absolute atomic E-state index is 12.6. The Bertz CT molecular complexity index is 897. The Hall–Kier alpha value is -3.35. The number of nitrogens with one attached hydrogen (secondary N) is 2. The number of rotatable bonds is 5. The van der Waals surface area contributed by atoms with Crippen LogP contribution in [-0.2, 0) is 20.8 Å².